The van der Waals surface area contributed by atoms with Crippen LogP contribution < -0.4 is 0 Å². The van der Waals surface area contributed by atoms with Crippen LogP contribution in [-0.2, 0) is 38.7 Å². The van der Waals surface area contributed by atoms with Crippen molar-refractivity contribution in [2.45, 2.75) is 13.8 Å². The minimum Gasteiger partial charge on any atom is -0.457 e. The van der Waals surface area contributed by atoms with Gasteiger partial charge in [-0.2, -0.15) is 10.5 Å². The van der Waals surface area contributed by atoms with Gasteiger partial charge in [0.15, 0.2) is 0 Å². The molecule has 6 nitrogen and oxygen atoms in total. The third-order valence-corrected chi connectivity index (χ3v) is 0. The molecular weight excluding hydrogens is 199 g/mol. The van der Waals surface area contributed by atoms with Gasteiger partial charge >= 0.3 is 16.8 Å². The van der Waals surface area contributed by atoms with E-state index in [0.29, 0.717) is 0 Å². The van der Waals surface area contributed by atoms with Crippen LogP contribution in [0.1, 0.15) is 13.8 Å². The van der Waals surface area contributed by atoms with Crippen LogP contribution in [0.15, 0.2) is 0 Å². The second kappa shape index (κ2) is 367. The van der Waals surface area contributed by atoms with Gasteiger partial charge in [-0.05, 0) is 0 Å². The summed E-state index contributed by atoms with van der Waals surface area (Å²) in [4.78, 5) is 0. The Labute approximate surface area is 75.9 Å². The molecule has 0 aromatic heterocycles. The molecule has 0 aliphatic carbocycles. The van der Waals surface area contributed by atoms with E-state index in [1.54, 1.807) is 12.1 Å². The summed E-state index contributed by atoms with van der Waals surface area (Å²) in [5, 5.41) is 14.6. The Morgan fingerprint density at radius 3 is 0.727 bits per heavy atom. The van der Waals surface area contributed by atoms with E-state index in [9.17, 15) is 0 Å². The summed E-state index contributed by atoms with van der Waals surface area (Å²) in [6, 6.07) is 3.50. The SMILES string of the molecule is CC#N.CC#N.[Co+2].[OH3+].[OH3+].[OH3+].[OH3+]. The maximum absolute atomic E-state index is 7.32. The van der Waals surface area contributed by atoms with Gasteiger partial charge in [-0.25, -0.2) is 0 Å². The molecule has 0 unspecified atom stereocenters. The van der Waals surface area contributed by atoms with E-state index >= 15 is 0 Å². The molecule has 0 fully saturated rings. The standard InChI is InChI=1S/2C2H3N.Co.4H2O/c2*1-2-3;;;;;/h2*1H3;;4*1H2/q;;+2;;;;/p+4. The van der Waals surface area contributed by atoms with Crippen molar-refractivity contribution < 1.29 is 38.7 Å². The van der Waals surface area contributed by atoms with Crippen LogP contribution in [0.2, 0.25) is 0 Å². The van der Waals surface area contributed by atoms with E-state index in [1.165, 1.54) is 13.8 Å². The molecule has 12 N–H and O–H groups in total. The van der Waals surface area contributed by atoms with Crippen LogP contribution in [0.3, 0.4) is 0 Å². The first-order valence-corrected chi connectivity index (χ1v) is 1.45. The Kier molecular flexibility index (Phi) is 2710. The maximum Gasteiger partial charge on any atom is 2.00 e. The van der Waals surface area contributed by atoms with Gasteiger partial charge in [0, 0.05) is 13.8 Å². The van der Waals surface area contributed by atoms with E-state index in [2.05, 4.69) is 0 Å². The zero-order chi connectivity index (χ0) is 5.41. The van der Waals surface area contributed by atoms with E-state index in [1.807, 2.05) is 0 Å². The fourth-order valence-electron chi connectivity index (χ4n) is 0. The zero-order valence-electron chi connectivity index (χ0n) is 6.54. The van der Waals surface area contributed by atoms with Crippen molar-refractivity contribution in [2.24, 2.45) is 0 Å². The quantitative estimate of drug-likeness (QED) is 0.403. The summed E-state index contributed by atoms with van der Waals surface area (Å²) in [5.74, 6) is 0. The molecule has 7 heteroatoms. The molecular formula is C4H18CoN2O4+6. The second-order valence-corrected chi connectivity index (χ2v) is 0.447. The monoisotopic (exact) mass is 217 g/mol. The summed E-state index contributed by atoms with van der Waals surface area (Å²) in [6.07, 6.45) is 0. The van der Waals surface area contributed by atoms with Gasteiger partial charge in [-0.1, -0.05) is 0 Å². The van der Waals surface area contributed by atoms with Gasteiger partial charge in [-0.3, -0.25) is 0 Å². The molecule has 0 aromatic carbocycles. The number of rotatable bonds is 0. The van der Waals surface area contributed by atoms with Gasteiger partial charge in [0.05, 0.1) is 12.1 Å². The van der Waals surface area contributed by atoms with Gasteiger partial charge in [-0.15, -0.1) is 0 Å². The topological polar surface area (TPSA) is 180 Å². The van der Waals surface area contributed by atoms with E-state index < -0.39 is 0 Å². The van der Waals surface area contributed by atoms with Gasteiger partial charge < -0.3 is 21.9 Å². The first-order chi connectivity index (χ1) is 2.83. The molecule has 0 bridgehead atoms. The second-order valence-electron chi connectivity index (χ2n) is 0.447. The predicted octanol–water partition coefficient (Wildman–Crippen LogP) is -2.63. The predicted molar refractivity (Wildman–Crippen MR) is 42.1 cm³/mol. The minimum absolute atomic E-state index is 0. The largest absolute Gasteiger partial charge is 2.00 e. The molecule has 0 heterocycles. The smallest absolute Gasteiger partial charge is 0.457 e. The number of hydrogen-bond donors (Lipinski definition) is 0. The maximum atomic E-state index is 7.32. The van der Waals surface area contributed by atoms with Gasteiger partial charge in [0.25, 0.3) is 0 Å². The molecule has 0 rings (SSSR count). The number of nitriles is 2. The summed E-state index contributed by atoms with van der Waals surface area (Å²) >= 11 is 0. The zero-order valence-corrected chi connectivity index (χ0v) is 7.58. The van der Waals surface area contributed by atoms with Crippen molar-refractivity contribution in [1.29, 1.82) is 10.5 Å². The van der Waals surface area contributed by atoms with Gasteiger partial charge in [0.1, 0.15) is 0 Å². The molecule has 11 heavy (non-hydrogen) atoms. The van der Waals surface area contributed by atoms with Crippen LogP contribution in [0, 0.1) is 22.7 Å². The normalized spacial score (nSPS) is 1.45. The Balaban J connectivity index is -0.00000000400. The molecule has 0 atom stereocenters. The van der Waals surface area contributed by atoms with Crippen molar-refractivity contribution in [3.05, 3.63) is 0 Å². The van der Waals surface area contributed by atoms with Crippen molar-refractivity contribution in [3.63, 3.8) is 0 Å². The fourth-order valence-corrected chi connectivity index (χ4v) is 0. The molecule has 0 saturated heterocycles. The summed E-state index contributed by atoms with van der Waals surface area (Å²) in [6.45, 7) is 2.86. The minimum atomic E-state index is 0. The van der Waals surface area contributed by atoms with E-state index in [-0.39, 0.29) is 38.7 Å². The Morgan fingerprint density at radius 2 is 0.727 bits per heavy atom. The molecule has 71 valence electrons. The molecule has 0 saturated carbocycles. The van der Waals surface area contributed by atoms with Crippen molar-refractivity contribution in [3.8, 4) is 12.1 Å². The Hall–Kier alpha value is -0.674. The number of hydrogen-bond acceptors (Lipinski definition) is 2. The molecule has 0 aromatic rings. The first kappa shape index (κ1) is 81.2. The number of nitrogens with zero attached hydrogens (tertiary/aromatic N) is 2. The molecule has 1 radical (unpaired) electrons. The van der Waals surface area contributed by atoms with E-state index in [0.717, 1.165) is 0 Å². The summed E-state index contributed by atoms with van der Waals surface area (Å²) < 4.78 is 0. The molecule has 0 aliphatic heterocycles. The summed E-state index contributed by atoms with van der Waals surface area (Å²) in [7, 11) is 0. The molecule has 0 amide bonds. The van der Waals surface area contributed by atoms with Crippen LogP contribution >= 0.6 is 0 Å². The van der Waals surface area contributed by atoms with Crippen LogP contribution in [0.5, 0.6) is 0 Å². The van der Waals surface area contributed by atoms with Crippen LogP contribution in [0.4, 0.5) is 0 Å². The van der Waals surface area contributed by atoms with Crippen molar-refractivity contribution in [2.75, 3.05) is 0 Å². The average Bonchev–Trinajstić information content (AvgIpc) is 1.39. The molecule has 0 aliphatic rings. The van der Waals surface area contributed by atoms with Crippen LogP contribution in [0.25, 0.3) is 0 Å². The fraction of sp³-hybridized carbons (Fsp3) is 0.500. The third kappa shape index (κ3) is 1100. The van der Waals surface area contributed by atoms with Gasteiger partial charge in [0.2, 0.25) is 0 Å². The third-order valence-electron chi connectivity index (χ3n) is 0. The Bertz CT molecular complexity index is 75.1. The summed E-state index contributed by atoms with van der Waals surface area (Å²) in [5.41, 5.74) is 0. The first-order valence-electron chi connectivity index (χ1n) is 1.45. The Morgan fingerprint density at radius 1 is 0.727 bits per heavy atom. The average molecular weight is 217 g/mol. The van der Waals surface area contributed by atoms with Crippen LogP contribution in [-0.4, -0.2) is 0 Å². The van der Waals surface area contributed by atoms with Crippen molar-refractivity contribution in [1.82, 2.24) is 0 Å². The van der Waals surface area contributed by atoms with Crippen molar-refractivity contribution >= 4 is 0 Å². The molecule has 0 spiro atoms. The van der Waals surface area contributed by atoms with E-state index in [4.69, 9.17) is 10.5 Å².